The largest absolute Gasteiger partial charge is 0.481 e. The van der Waals surface area contributed by atoms with Gasteiger partial charge in [-0.3, -0.25) is 4.79 Å². The lowest BCUT2D eigenvalue weighted by Gasteiger charge is -2.34. The van der Waals surface area contributed by atoms with Gasteiger partial charge in [0.1, 0.15) is 5.60 Å². The highest BCUT2D eigenvalue weighted by Crippen LogP contribution is 2.39. The topological polar surface area (TPSA) is 66.8 Å². The zero-order valence-electron chi connectivity index (χ0n) is 12.6. The van der Waals surface area contributed by atoms with Gasteiger partial charge in [-0.25, -0.2) is 4.79 Å². The van der Waals surface area contributed by atoms with Crippen LogP contribution in [0, 0.1) is 17.8 Å². The van der Waals surface area contributed by atoms with Crippen LogP contribution in [0.2, 0.25) is 0 Å². The molecule has 2 aliphatic rings. The van der Waals surface area contributed by atoms with Crippen LogP contribution in [-0.2, 0) is 9.53 Å². The molecule has 1 heterocycles. The third-order valence-corrected chi connectivity index (χ3v) is 4.19. The van der Waals surface area contributed by atoms with E-state index in [1.807, 2.05) is 20.8 Å². The van der Waals surface area contributed by atoms with Crippen LogP contribution in [-0.4, -0.2) is 40.8 Å². The molecule has 1 saturated heterocycles. The standard InChI is InChI=1S/C15H25NO4/c1-15(2,3)20-14(19)16-5-4-10(9-16)6-11-7-12(8-11)13(17)18/h10-12H,4-9H2,1-3H3,(H,17,18). The number of carbonyl (C=O) groups is 2. The molecule has 1 atom stereocenters. The van der Waals surface area contributed by atoms with Crippen molar-refractivity contribution in [1.82, 2.24) is 4.90 Å². The lowest BCUT2D eigenvalue weighted by atomic mass is 9.71. The van der Waals surface area contributed by atoms with E-state index in [0.717, 1.165) is 38.8 Å². The molecule has 1 N–H and O–H groups in total. The molecule has 1 aliphatic heterocycles. The minimum absolute atomic E-state index is 0.136. The fourth-order valence-corrected chi connectivity index (χ4v) is 3.12. The minimum atomic E-state index is -0.664. The van der Waals surface area contributed by atoms with E-state index < -0.39 is 11.6 Å². The van der Waals surface area contributed by atoms with Gasteiger partial charge in [-0.2, -0.15) is 0 Å². The van der Waals surface area contributed by atoms with Crippen molar-refractivity contribution < 1.29 is 19.4 Å². The molecule has 0 aromatic carbocycles. The second kappa shape index (κ2) is 5.62. The molecule has 0 aromatic rings. The number of rotatable bonds is 3. The number of aliphatic carboxylic acids is 1. The van der Waals surface area contributed by atoms with E-state index >= 15 is 0 Å². The van der Waals surface area contributed by atoms with Gasteiger partial charge in [0.05, 0.1) is 5.92 Å². The Morgan fingerprint density at radius 3 is 2.45 bits per heavy atom. The van der Waals surface area contributed by atoms with Gasteiger partial charge in [0.25, 0.3) is 0 Å². The first kappa shape index (κ1) is 15.1. The molecule has 0 radical (unpaired) electrons. The summed E-state index contributed by atoms with van der Waals surface area (Å²) < 4.78 is 5.37. The van der Waals surface area contributed by atoms with Crippen LogP contribution < -0.4 is 0 Å². The Morgan fingerprint density at radius 1 is 1.25 bits per heavy atom. The molecular formula is C15H25NO4. The van der Waals surface area contributed by atoms with Gasteiger partial charge in [-0.1, -0.05) is 0 Å². The summed E-state index contributed by atoms with van der Waals surface area (Å²) in [6.07, 6.45) is 3.43. The molecule has 5 heteroatoms. The molecule has 0 spiro atoms. The number of hydrogen-bond donors (Lipinski definition) is 1. The third kappa shape index (κ3) is 3.87. The van der Waals surface area contributed by atoms with Crippen LogP contribution in [0.15, 0.2) is 0 Å². The Hall–Kier alpha value is -1.26. The van der Waals surface area contributed by atoms with Crippen molar-refractivity contribution in [3.63, 3.8) is 0 Å². The smallest absolute Gasteiger partial charge is 0.410 e. The van der Waals surface area contributed by atoms with Crippen LogP contribution >= 0.6 is 0 Å². The molecular weight excluding hydrogens is 258 g/mol. The molecule has 0 aromatic heterocycles. The van der Waals surface area contributed by atoms with Gasteiger partial charge in [0.2, 0.25) is 0 Å². The van der Waals surface area contributed by atoms with E-state index in [4.69, 9.17) is 9.84 Å². The van der Waals surface area contributed by atoms with E-state index in [1.54, 1.807) is 4.90 Å². The summed E-state index contributed by atoms with van der Waals surface area (Å²) in [5.74, 6) is 0.230. The van der Waals surface area contributed by atoms with Gasteiger partial charge in [-0.15, -0.1) is 0 Å². The van der Waals surface area contributed by atoms with E-state index in [1.165, 1.54) is 0 Å². The molecule has 1 saturated carbocycles. The molecule has 2 fully saturated rings. The van der Waals surface area contributed by atoms with Crippen LogP contribution in [0.5, 0.6) is 0 Å². The van der Waals surface area contributed by atoms with Crippen LogP contribution in [0.1, 0.15) is 46.5 Å². The third-order valence-electron chi connectivity index (χ3n) is 4.19. The Labute approximate surface area is 120 Å². The first-order valence-electron chi connectivity index (χ1n) is 7.45. The van der Waals surface area contributed by atoms with Gasteiger partial charge in [-0.05, 0) is 58.3 Å². The normalized spacial score (nSPS) is 29.9. The maximum absolute atomic E-state index is 11.9. The lowest BCUT2D eigenvalue weighted by Crippen LogP contribution is -2.36. The molecule has 1 unspecified atom stereocenters. The van der Waals surface area contributed by atoms with E-state index in [-0.39, 0.29) is 12.0 Å². The Kier molecular flexibility index (Phi) is 4.25. The van der Waals surface area contributed by atoms with Crippen molar-refractivity contribution in [2.45, 2.75) is 52.1 Å². The van der Waals surface area contributed by atoms with Crippen molar-refractivity contribution in [3.8, 4) is 0 Å². The fraction of sp³-hybridized carbons (Fsp3) is 0.867. The summed E-state index contributed by atoms with van der Waals surface area (Å²) >= 11 is 0. The van der Waals surface area contributed by atoms with Gasteiger partial charge >= 0.3 is 12.1 Å². The van der Waals surface area contributed by atoms with Crippen LogP contribution in [0.4, 0.5) is 4.79 Å². The summed E-state index contributed by atoms with van der Waals surface area (Å²) in [4.78, 5) is 24.5. The molecule has 114 valence electrons. The lowest BCUT2D eigenvalue weighted by molar-refractivity contribution is -0.146. The van der Waals surface area contributed by atoms with E-state index in [2.05, 4.69) is 0 Å². The second-order valence-corrected chi connectivity index (χ2v) is 7.19. The summed E-state index contributed by atoms with van der Waals surface area (Å²) in [6.45, 7) is 7.13. The van der Waals surface area contributed by atoms with Gasteiger partial charge in [0, 0.05) is 13.1 Å². The van der Waals surface area contributed by atoms with Crippen molar-refractivity contribution in [1.29, 1.82) is 0 Å². The zero-order chi connectivity index (χ0) is 14.9. The maximum Gasteiger partial charge on any atom is 0.410 e. The highest BCUT2D eigenvalue weighted by Gasteiger charge is 2.38. The summed E-state index contributed by atoms with van der Waals surface area (Å²) in [7, 11) is 0. The molecule has 0 bridgehead atoms. The zero-order valence-corrected chi connectivity index (χ0v) is 12.6. The Morgan fingerprint density at radius 2 is 1.90 bits per heavy atom. The first-order valence-corrected chi connectivity index (χ1v) is 7.45. The number of nitrogens with zero attached hydrogens (tertiary/aromatic N) is 1. The number of carbonyl (C=O) groups excluding carboxylic acids is 1. The van der Waals surface area contributed by atoms with Crippen molar-refractivity contribution >= 4 is 12.1 Å². The number of carboxylic acid groups (broad SMARTS) is 1. The highest BCUT2D eigenvalue weighted by atomic mass is 16.6. The van der Waals surface area contributed by atoms with Crippen LogP contribution in [0.25, 0.3) is 0 Å². The molecule has 5 nitrogen and oxygen atoms in total. The first-order chi connectivity index (χ1) is 9.24. The van der Waals surface area contributed by atoms with Crippen molar-refractivity contribution in [3.05, 3.63) is 0 Å². The van der Waals surface area contributed by atoms with Gasteiger partial charge in [0.15, 0.2) is 0 Å². The monoisotopic (exact) mass is 283 g/mol. The quantitative estimate of drug-likeness (QED) is 0.864. The SMILES string of the molecule is CC(C)(C)OC(=O)N1CCC(CC2CC(C(=O)O)C2)C1. The van der Waals surface area contributed by atoms with Crippen molar-refractivity contribution in [2.75, 3.05) is 13.1 Å². The van der Waals surface area contributed by atoms with Crippen molar-refractivity contribution in [2.24, 2.45) is 17.8 Å². The van der Waals surface area contributed by atoms with E-state index in [0.29, 0.717) is 11.8 Å². The second-order valence-electron chi connectivity index (χ2n) is 7.19. The number of ether oxygens (including phenoxy) is 1. The summed E-state index contributed by atoms with van der Waals surface area (Å²) in [5, 5.41) is 8.87. The average molecular weight is 283 g/mol. The predicted molar refractivity (Wildman–Crippen MR) is 74.4 cm³/mol. The summed E-state index contributed by atoms with van der Waals surface area (Å²) in [6, 6.07) is 0. The molecule has 2 rings (SSSR count). The fourth-order valence-electron chi connectivity index (χ4n) is 3.12. The highest BCUT2D eigenvalue weighted by molar-refractivity contribution is 5.71. The number of likely N-dealkylation sites (tertiary alicyclic amines) is 1. The maximum atomic E-state index is 11.9. The van der Waals surface area contributed by atoms with E-state index in [9.17, 15) is 9.59 Å². The Balaban J connectivity index is 1.71. The molecule has 20 heavy (non-hydrogen) atoms. The minimum Gasteiger partial charge on any atom is -0.481 e. The van der Waals surface area contributed by atoms with Gasteiger partial charge < -0.3 is 14.7 Å². The molecule has 1 aliphatic carbocycles. The number of amides is 1. The average Bonchev–Trinajstić information content (AvgIpc) is 2.68. The predicted octanol–water partition coefficient (Wildman–Crippen LogP) is 2.74. The Bertz CT molecular complexity index is 382. The molecule has 1 amide bonds. The van der Waals surface area contributed by atoms with Crippen LogP contribution in [0.3, 0.4) is 0 Å². The number of hydrogen-bond acceptors (Lipinski definition) is 3. The number of carboxylic acids is 1. The summed E-state index contributed by atoms with van der Waals surface area (Å²) in [5.41, 5.74) is -0.447.